The quantitative estimate of drug-likeness (QED) is 0.126. The van der Waals surface area contributed by atoms with Gasteiger partial charge in [0, 0.05) is 53.5 Å². The van der Waals surface area contributed by atoms with Crippen LogP contribution in [0, 0.1) is 0 Å². The van der Waals surface area contributed by atoms with Gasteiger partial charge in [0.2, 0.25) is 0 Å². The lowest BCUT2D eigenvalue weighted by molar-refractivity contribution is 0.101. The van der Waals surface area contributed by atoms with Gasteiger partial charge in [-0.2, -0.15) is 0 Å². The third-order valence-corrected chi connectivity index (χ3v) is 6.44. The fraction of sp³-hybridized carbons (Fsp3) is 0.200. The lowest BCUT2D eigenvalue weighted by Crippen LogP contribution is -2.14. The van der Waals surface area contributed by atoms with Crippen LogP contribution in [0.15, 0.2) is 73.1 Å². The number of benzene rings is 2. The monoisotopic (exact) mass is 662 g/mol. The topological polar surface area (TPSA) is 117 Å². The Morgan fingerprint density at radius 3 is 1.67 bits per heavy atom. The minimum atomic E-state index is -0.305. The number of amides is 2. The van der Waals surface area contributed by atoms with E-state index in [9.17, 15) is 9.59 Å². The van der Waals surface area contributed by atoms with E-state index in [1.807, 2.05) is 13.8 Å². The van der Waals surface area contributed by atoms with E-state index in [4.69, 9.17) is 51.1 Å². The number of pyridine rings is 2. The molecule has 43 heavy (non-hydrogen) atoms. The molecule has 4 aromatic rings. The average Bonchev–Trinajstić information content (AvgIpc) is 2.95. The lowest BCUT2D eigenvalue weighted by Gasteiger charge is -2.11. The highest BCUT2D eigenvalue weighted by atomic mass is 35.5. The van der Waals surface area contributed by atoms with E-state index in [1.165, 1.54) is 12.4 Å². The molecule has 0 aliphatic rings. The smallest absolute Gasteiger partial charge is 0.257 e. The van der Waals surface area contributed by atoms with Crippen LogP contribution in [0.5, 0.6) is 0 Å². The largest absolute Gasteiger partial charge is 0.383 e. The molecule has 0 fully saturated rings. The highest BCUT2D eigenvalue weighted by Gasteiger charge is 2.12. The second-order valence-corrected chi connectivity index (χ2v) is 10.9. The summed E-state index contributed by atoms with van der Waals surface area (Å²) in [6.07, 6.45) is 2.94. The number of methoxy groups -OCH3 is 1. The second kappa shape index (κ2) is 16.9. The number of nitrogens with zero attached hydrogens (tertiary/aromatic N) is 2. The predicted octanol–water partition coefficient (Wildman–Crippen LogP) is 8.16. The molecule has 0 bridgehead atoms. The molecule has 2 heterocycles. The Balaban J connectivity index is 0.000000236. The van der Waals surface area contributed by atoms with Crippen molar-refractivity contribution in [3.8, 4) is 0 Å². The first kappa shape index (κ1) is 33.9. The molecule has 0 unspecified atom stereocenters. The Labute approximate surface area is 270 Å². The number of rotatable bonds is 10. The van der Waals surface area contributed by atoms with Crippen molar-refractivity contribution in [3.63, 3.8) is 0 Å². The molecule has 2 amide bonds. The summed E-state index contributed by atoms with van der Waals surface area (Å²) in [5.74, 6) is 0.479. The summed E-state index contributed by atoms with van der Waals surface area (Å²) in [6.45, 7) is 5.09. The molecule has 9 nitrogen and oxygen atoms in total. The number of halogens is 4. The molecule has 2 aromatic heterocycles. The number of aromatic nitrogens is 2. The molecule has 2 aromatic carbocycles. The van der Waals surface area contributed by atoms with Crippen LogP contribution in [0.3, 0.4) is 0 Å². The van der Waals surface area contributed by atoms with Crippen molar-refractivity contribution < 1.29 is 14.3 Å². The zero-order chi connectivity index (χ0) is 31.4. The number of hydrogen-bond acceptors (Lipinski definition) is 7. The lowest BCUT2D eigenvalue weighted by atomic mass is 10.2. The van der Waals surface area contributed by atoms with Crippen molar-refractivity contribution >= 4 is 81.2 Å². The van der Waals surface area contributed by atoms with E-state index in [2.05, 4.69) is 31.2 Å². The van der Waals surface area contributed by atoms with Gasteiger partial charge in [0.15, 0.2) is 0 Å². The van der Waals surface area contributed by atoms with Crippen LogP contribution in [-0.4, -0.2) is 48.1 Å². The zero-order valence-corrected chi connectivity index (χ0v) is 26.6. The molecule has 0 spiro atoms. The molecule has 4 rings (SSSR count). The summed E-state index contributed by atoms with van der Waals surface area (Å²) in [5.41, 5.74) is 1.97. The van der Waals surface area contributed by atoms with E-state index < -0.39 is 0 Å². The normalized spacial score (nSPS) is 10.4. The van der Waals surface area contributed by atoms with Crippen molar-refractivity contribution in [2.75, 3.05) is 41.5 Å². The van der Waals surface area contributed by atoms with Crippen LogP contribution in [0.1, 0.15) is 34.6 Å². The van der Waals surface area contributed by atoms with Crippen LogP contribution in [0.25, 0.3) is 0 Å². The highest BCUT2D eigenvalue weighted by molar-refractivity contribution is 6.34. The van der Waals surface area contributed by atoms with E-state index in [0.717, 1.165) is 0 Å². The molecule has 0 saturated carbocycles. The van der Waals surface area contributed by atoms with Gasteiger partial charge in [0.25, 0.3) is 11.8 Å². The van der Waals surface area contributed by atoms with Gasteiger partial charge < -0.3 is 26.0 Å². The van der Waals surface area contributed by atoms with Gasteiger partial charge in [0.05, 0.1) is 27.8 Å². The number of nitrogens with one attached hydrogen (secondary N) is 4. The number of carbonyl (C=O) groups is 2. The van der Waals surface area contributed by atoms with E-state index in [-0.39, 0.29) is 17.9 Å². The van der Waals surface area contributed by atoms with Crippen LogP contribution in [-0.2, 0) is 4.74 Å². The maximum atomic E-state index is 12.2. The van der Waals surface area contributed by atoms with E-state index >= 15 is 0 Å². The second-order valence-electron chi connectivity index (χ2n) is 9.26. The van der Waals surface area contributed by atoms with Crippen molar-refractivity contribution in [1.82, 2.24) is 9.97 Å². The third kappa shape index (κ3) is 11.2. The van der Waals surface area contributed by atoms with Crippen molar-refractivity contribution in [2.45, 2.75) is 19.9 Å². The van der Waals surface area contributed by atoms with E-state index in [1.54, 1.807) is 67.8 Å². The zero-order valence-electron chi connectivity index (χ0n) is 23.6. The summed E-state index contributed by atoms with van der Waals surface area (Å²) in [4.78, 5) is 32.6. The van der Waals surface area contributed by atoms with Crippen molar-refractivity contribution in [3.05, 3.63) is 104 Å². The Hall–Kier alpha value is -3.60. The Bertz CT molecular complexity index is 1550. The fourth-order valence-electron chi connectivity index (χ4n) is 3.44. The van der Waals surface area contributed by atoms with Crippen LogP contribution >= 0.6 is 46.4 Å². The minimum Gasteiger partial charge on any atom is -0.383 e. The van der Waals surface area contributed by atoms with Gasteiger partial charge in [0.1, 0.15) is 11.6 Å². The van der Waals surface area contributed by atoms with Crippen molar-refractivity contribution in [2.24, 2.45) is 0 Å². The number of anilines is 4. The maximum absolute atomic E-state index is 12.2. The molecule has 0 atom stereocenters. The SMILES string of the molecule is CC(C)Nc1ncc(C(=O)Nc2cccc(Cl)c2)cc1Cl.COCCNc1ncc(C(=O)Nc2cccc(Cl)c2)cc1Cl. The molecule has 226 valence electrons. The van der Waals surface area contributed by atoms with Gasteiger partial charge in [-0.25, -0.2) is 9.97 Å². The van der Waals surface area contributed by atoms with E-state index in [0.29, 0.717) is 67.4 Å². The first-order chi connectivity index (χ1) is 20.5. The summed E-state index contributed by atoms with van der Waals surface area (Å²) in [7, 11) is 1.61. The van der Waals surface area contributed by atoms with Crippen LogP contribution < -0.4 is 21.3 Å². The van der Waals surface area contributed by atoms with Gasteiger partial charge in [-0.3, -0.25) is 9.59 Å². The predicted molar refractivity (Wildman–Crippen MR) is 176 cm³/mol. The average molecular weight is 664 g/mol. The Morgan fingerprint density at radius 1 is 0.767 bits per heavy atom. The molecular weight excluding hydrogens is 634 g/mol. The Kier molecular flexibility index (Phi) is 13.3. The van der Waals surface area contributed by atoms with Gasteiger partial charge >= 0.3 is 0 Å². The molecule has 0 aliphatic heterocycles. The number of carbonyl (C=O) groups excluding carboxylic acids is 2. The van der Waals surface area contributed by atoms with Gasteiger partial charge in [-0.15, -0.1) is 0 Å². The molecule has 0 aliphatic carbocycles. The summed E-state index contributed by atoms with van der Waals surface area (Å²) < 4.78 is 4.93. The summed E-state index contributed by atoms with van der Waals surface area (Å²) >= 11 is 24.0. The van der Waals surface area contributed by atoms with Gasteiger partial charge in [-0.1, -0.05) is 58.5 Å². The van der Waals surface area contributed by atoms with Crippen molar-refractivity contribution in [1.29, 1.82) is 0 Å². The number of ether oxygens (including phenoxy) is 1. The maximum Gasteiger partial charge on any atom is 0.257 e. The third-order valence-electron chi connectivity index (χ3n) is 5.40. The fourth-order valence-corrected chi connectivity index (χ4v) is 4.28. The summed E-state index contributed by atoms with van der Waals surface area (Å²) in [6, 6.07) is 17.2. The van der Waals surface area contributed by atoms with Crippen LogP contribution in [0.4, 0.5) is 23.0 Å². The number of hydrogen-bond donors (Lipinski definition) is 4. The summed E-state index contributed by atoms with van der Waals surface area (Å²) in [5, 5.41) is 13.5. The van der Waals surface area contributed by atoms with Crippen LogP contribution in [0.2, 0.25) is 20.1 Å². The first-order valence-electron chi connectivity index (χ1n) is 13.0. The highest BCUT2D eigenvalue weighted by Crippen LogP contribution is 2.23. The standard InChI is InChI=1S/C15H15Cl2N3O2.C15H15Cl2N3O/c1-22-6-5-18-14-13(17)7-10(9-19-14)15(21)20-12-4-2-3-11(16)8-12;1-9(2)19-14-13(17)6-10(8-18-14)15(21)20-12-5-3-4-11(16)7-12/h2-4,7-9H,5-6H2,1H3,(H,18,19)(H,20,21);3-9H,1-2H3,(H,18,19)(H,20,21). The molecule has 0 saturated heterocycles. The van der Waals surface area contributed by atoms with Gasteiger partial charge in [-0.05, 0) is 62.4 Å². The molecule has 13 heteroatoms. The molecular formula is C30H30Cl4N6O3. The minimum absolute atomic E-state index is 0.209. The molecule has 4 N–H and O–H groups in total. The molecule has 0 radical (unpaired) electrons. The Morgan fingerprint density at radius 2 is 1.26 bits per heavy atom. The first-order valence-corrected chi connectivity index (χ1v) is 14.5.